The number of amides is 1. The third-order valence-electron chi connectivity index (χ3n) is 5.08. The molecule has 6 heteroatoms. The van der Waals surface area contributed by atoms with E-state index in [2.05, 4.69) is 43.7 Å². The molecule has 1 amide bonds. The van der Waals surface area contributed by atoms with Crippen molar-refractivity contribution in [3.8, 4) is 11.1 Å². The van der Waals surface area contributed by atoms with Gasteiger partial charge < -0.3 is 5.32 Å². The zero-order valence-corrected chi connectivity index (χ0v) is 16.6. The largest absolute Gasteiger partial charge is 0.319 e. The number of carbonyl (C=O) groups is 1. The molecule has 0 unspecified atom stereocenters. The third kappa shape index (κ3) is 4.04. The van der Waals surface area contributed by atoms with Crippen LogP contribution in [-0.4, -0.2) is 26.1 Å². The number of aromatic nitrogens is 4. The minimum atomic E-state index is -0.285. The van der Waals surface area contributed by atoms with Gasteiger partial charge in [0.2, 0.25) is 0 Å². The molecule has 150 valence electrons. The Labute approximate surface area is 179 Å². The number of carbonyl (C=O) groups excluding carboxylic acids is 1. The van der Waals surface area contributed by atoms with Crippen molar-refractivity contribution in [2.24, 2.45) is 0 Å². The van der Waals surface area contributed by atoms with Crippen molar-refractivity contribution in [3.05, 3.63) is 108 Å². The Balaban J connectivity index is 1.45. The van der Waals surface area contributed by atoms with Gasteiger partial charge in [-0.25, -0.2) is 0 Å². The van der Waals surface area contributed by atoms with Gasteiger partial charge in [0.1, 0.15) is 0 Å². The van der Waals surface area contributed by atoms with E-state index in [1.807, 2.05) is 48.8 Å². The number of nitrogens with one attached hydrogen (secondary N) is 2. The maximum absolute atomic E-state index is 12.8. The minimum absolute atomic E-state index is 0.285. The summed E-state index contributed by atoms with van der Waals surface area (Å²) in [4.78, 5) is 21.2. The zero-order valence-electron chi connectivity index (χ0n) is 16.6. The Morgan fingerprint density at radius 2 is 1.74 bits per heavy atom. The average Bonchev–Trinajstić information content (AvgIpc) is 3.24. The monoisotopic (exact) mass is 405 g/mol. The summed E-state index contributed by atoms with van der Waals surface area (Å²) in [7, 11) is 0. The molecule has 0 saturated carbocycles. The van der Waals surface area contributed by atoms with E-state index in [0.29, 0.717) is 11.4 Å². The highest BCUT2D eigenvalue weighted by Gasteiger charge is 2.15. The van der Waals surface area contributed by atoms with Crippen LogP contribution in [0.4, 0.5) is 5.69 Å². The normalized spacial score (nSPS) is 10.8. The van der Waals surface area contributed by atoms with Crippen LogP contribution in [0.3, 0.4) is 0 Å². The lowest BCUT2D eigenvalue weighted by atomic mass is 10.0. The molecule has 0 aliphatic rings. The van der Waals surface area contributed by atoms with Crippen LogP contribution in [0, 0.1) is 0 Å². The topological polar surface area (TPSA) is 83.6 Å². The molecule has 3 aromatic heterocycles. The molecule has 0 aliphatic heterocycles. The van der Waals surface area contributed by atoms with Gasteiger partial charge in [0.25, 0.3) is 5.91 Å². The zero-order chi connectivity index (χ0) is 21.0. The van der Waals surface area contributed by atoms with Crippen molar-refractivity contribution in [3.63, 3.8) is 0 Å². The lowest BCUT2D eigenvalue weighted by molar-refractivity contribution is 0.102. The van der Waals surface area contributed by atoms with E-state index in [9.17, 15) is 4.79 Å². The van der Waals surface area contributed by atoms with E-state index in [1.54, 1.807) is 24.5 Å². The number of fused-ring (bicyclic) bond motifs is 1. The summed E-state index contributed by atoms with van der Waals surface area (Å²) in [6.45, 7) is 0. The lowest BCUT2D eigenvalue weighted by Crippen LogP contribution is -2.12. The first-order chi connectivity index (χ1) is 15.3. The first-order valence-corrected chi connectivity index (χ1v) is 9.94. The fourth-order valence-corrected chi connectivity index (χ4v) is 3.57. The molecule has 0 aliphatic carbocycles. The summed E-state index contributed by atoms with van der Waals surface area (Å²) in [5.74, 6) is -0.285. The summed E-state index contributed by atoms with van der Waals surface area (Å²) in [6, 6.07) is 21.9. The highest BCUT2D eigenvalue weighted by Crippen LogP contribution is 2.26. The van der Waals surface area contributed by atoms with Crippen LogP contribution in [0.1, 0.15) is 21.6 Å². The number of nitrogens with zero attached hydrogens (tertiary/aromatic N) is 3. The Morgan fingerprint density at radius 3 is 2.58 bits per heavy atom. The smallest absolute Gasteiger partial charge is 0.276 e. The molecule has 5 rings (SSSR count). The van der Waals surface area contributed by atoms with Gasteiger partial charge in [0.15, 0.2) is 5.69 Å². The van der Waals surface area contributed by atoms with E-state index < -0.39 is 0 Å². The van der Waals surface area contributed by atoms with Crippen molar-refractivity contribution >= 4 is 22.5 Å². The second-order valence-corrected chi connectivity index (χ2v) is 7.27. The van der Waals surface area contributed by atoms with Crippen molar-refractivity contribution in [1.82, 2.24) is 20.2 Å². The van der Waals surface area contributed by atoms with Gasteiger partial charge >= 0.3 is 0 Å². The van der Waals surface area contributed by atoms with Crippen LogP contribution >= 0.6 is 0 Å². The molecular formula is C25H19N5O. The van der Waals surface area contributed by atoms with Crippen LogP contribution < -0.4 is 5.32 Å². The summed E-state index contributed by atoms with van der Waals surface area (Å²) < 4.78 is 0. The number of pyridine rings is 2. The predicted molar refractivity (Wildman–Crippen MR) is 121 cm³/mol. The van der Waals surface area contributed by atoms with Crippen LogP contribution in [0.15, 0.2) is 91.5 Å². The number of benzene rings is 2. The molecule has 3 heterocycles. The molecule has 31 heavy (non-hydrogen) atoms. The molecule has 0 saturated heterocycles. The van der Waals surface area contributed by atoms with Gasteiger partial charge in [0, 0.05) is 29.5 Å². The van der Waals surface area contributed by atoms with Crippen LogP contribution in [0.5, 0.6) is 0 Å². The number of hydrogen-bond donors (Lipinski definition) is 2. The molecule has 2 aromatic carbocycles. The predicted octanol–water partition coefficient (Wildman–Crippen LogP) is 4.86. The molecular weight excluding hydrogens is 386 g/mol. The quantitative estimate of drug-likeness (QED) is 0.437. The number of rotatable bonds is 5. The molecule has 2 N–H and O–H groups in total. The van der Waals surface area contributed by atoms with Gasteiger partial charge in [-0.3, -0.25) is 19.9 Å². The molecule has 0 spiro atoms. The molecule has 0 fully saturated rings. The lowest BCUT2D eigenvalue weighted by Gasteiger charge is -2.07. The first kappa shape index (κ1) is 18.7. The second-order valence-electron chi connectivity index (χ2n) is 7.27. The Hall–Kier alpha value is -4.32. The van der Waals surface area contributed by atoms with Crippen LogP contribution in [0.2, 0.25) is 0 Å². The fourth-order valence-electron chi connectivity index (χ4n) is 3.57. The number of anilines is 1. The van der Waals surface area contributed by atoms with Gasteiger partial charge in [0.05, 0.1) is 17.4 Å². The third-order valence-corrected chi connectivity index (χ3v) is 5.08. The van der Waals surface area contributed by atoms with Crippen LogP contribution in [-0.2, 0) is 6.42 Å². The molecule has 0 bridgehead atoms. The van der Waals surface area contributed by atoms with E-state index in [-0.39, 0.29) is 5.91 Å². The standard InChI is InChI=1S/C25H19N5O/c31-25(28-21-7-4-10-26-16-21)24-22-13-19(8-9-23(22)29-30-24)20-12-18(14-27-15-20)11-17-5-2-1-3-6-17/h1-10,12-16H,11H2,(H,28,31)(H,29,30). The molecule has 6 nitrogen and oxygen atoms in total. The van der Waals surface area contributed by atoms with Crippen LogP contribution in [0.25, 0.3) is 22.0 Å². The van der Waals surface area contributed by atoms with Crippen molar-refractivity contribution in [2.45, 2.75) is 6.42 Å². The maximum atomic E-state index is 12.8. The number of H-pyrrole nitrogens is 1. The fraction of sp³-hybridized carbons (Fsp3) is 0.0400. The van der Waals surface area contributed by atoms with E-state index in [0.717, 1.165) is 34.0 Å². The van der Waals surface area contributed by atoms with Crippen molar-refractivity contribution in [1.29, 1.82) is 0 Å². The summed E-state index contributed by atoms with van der Waals surface area (Å²) in [5.41, 5.74) is 6.11. The Kier molecular flexibility index (Phi) is 4.94. The van der Waals surface area contributed by atoms with Crippen molar-refractivity contribution in [2.75, 3.05) is 5.32 Å². The maximum Gasteiger partial charge on any atom is 0.276 e. The number of aromatic amines is 1. The van der Waals surface area contributed by atoms with Gasteiger partial charge in [-0.2, -0.15) is 5.10 Å². The summed E-state index contributed by atoms with van der Waals surface area (Å²) in [5, 5.41) is 10.8. The van der Waals surface area contributed by atoms with Gasteiger partial charge in [-0.05, 0) is 53.4 Å². The molecule has 0 atom stereocenters. The highest BCUT2D eigenvalue weighted by atomic mass is 16.1. The molecule has 0 radical (unpaired) electrons. The van der Waals surface area contributed by atoms with Crippen molar-refractivity contribution < 1.29 is 4.79 Å². The van der Waals surface area contributed by atoms with Gasteiger partial charge in [-0.15, -0.1) is 0 Å². The summed E-state index contributed by atoms with van der Waals surface area (Å²) in [6.07, 6.45) is 7.80. The second kappa shape index (κ2) is 8.20. The van der Waals surface area contributed by atoms with E-state index in [4.69, 9.17) is 0 Å². The first-order valence-electron chi connectivity index (χ1n) is 9.94. The minimum Gasteiger partial charge on any atom is -0.319 e. The van der Waals surface area contributed by atoms with Gasteiger partial charge in [-0.1, -0.05) is 36.4 Å². The SMILES string of the molecule is O=C(Nc1cccnc1)c1n[nH]c2ccc(-c3cncc(Cc4ccccc4)c3)cc12. The summed E-state index contributed by atoms with van der Waals surface area (Å²) >= 11 is 0. The average molecular weight is 405 g/mol. The van der Waals surface area contributed by atoms with E-state index >= 15 is 0 Å². The molecule has 5 aromatic rings. The number of hydrogen-bond acceptors (Lipinski definition) is 4. The highest BCUT2D eigenvalue weighted by molar-refractivity contribution is 6.11. The Bertz CT molecular complexity index is 1350. The Morgan fingerprint density at radius 1 is 0.839 bits per heavy atom. The van der Waals surface area contributed by atoms with E-state index in [1.165, 1.54) is 5.56 Å².